The van der Waals surface area contributed by atoms with Crippen molar-refractivity contribution in [3.63, 3.8) is 0 Å². The van der Waals surface area contributed by atoms with Crippen LogP contribution in [0.3, 0.4) is 0 Å². The highest BCUT2D eigenvalue weighted by Crippen LogP contribution is 2.20. The molecule has 1 saturated heterocycles. The average Bonchev–Trinajstić information content (AvgIpc) is 3.07. The van der Waals surface area contributed by atoms with E-state index >= 15 is 0 Å². The zero-order chi connectivity index (χ0) is 15.7. The monoisotopic (exact) mass is 323 g/mol. The lowest BCUT2D eigenvalue weighted by Crippen LogP contribution is -2.43. The first-order valence-corrected chi connectivity index (χ1v) is 8.88. The lowest BCUT2D eigenvalue weighted by molar-refractivity contribution is 0.198. The number of rotatable bonds is 3. The third-order valence-electron chi connectivity index (χ3n) is 3.82. The smallest absolute Gasteiger partial charge is 0.321 e. The number of nitrogens with zero attached hydrogens (tertiary/aromatic N) is 4. The number of sulfone groups is 1. The van der Waals surface area contributed by atoms with E-state index in [1.165, 1.54) is 0 Å². The van der Waals surface area contributed by atoms with E-state index in [9.17, 15) is 13.2 Å². The molecule has 1 atom stereocenters. The van der Waals surface area contributed by atoms with Gasteiger partial charge in [-0.3, -0.25) is 4.40 Å². The molecule has 2 aromatic heterocycles. The van der Waals surface area contributed by atoms with E-state index in [1.807, 2.05) is 6.92 Å². The van der Waals surface area contributed by atoms with Gasteiger partial charge in [0.2, 0.25) is 0 Å². The van der Waals surface area contributed by atoms with Gasteiger partial charge >= 0.3 is 6.03 Å². The molecule has 0 unspecified atom stereocenters. The minimum Gasteiger partial charge on any atom is -0.321 e. The van der Waals surface area contributed by atoms with Crippen molar-refractivity contribution >= 4 is 27.2 Å². The topological polar surface area (TPSA) is 96.7 Å². The van der Waals surface area contributed by atoms with Crippen LogP contribution in [-0.4, -0.2) is 58.0 Å². The molecule has 0 radical (unpaired) electrons. The van der Waals surface area contributed by atoms with Gasteiger partial charge in [0.15, 0.2) is 15.5 Å². The Bertz CT molecular complexity index is 801. The predicted octanol–water partition coefficient (Wildman–Crippen LogP) is 0.770. The number of pyridine rings is 1. The summed E-state index contributed by atoms with van der Waals surface area (Å²) in [5.74, 6) is 0.171. The Hall–Kier alpha value is -2.16. The number of amides is 2. The Labute approximate surface area is 128 Å². The molecular formula is C13H17N5O3S. The number of hydrogen-bond acceptors (Lipinski definition) is 5. The zero-order valence-electron chi connectivity index (χ0n) is 12.1. The number of fused-ring (bicyclic) bond motifs is 1. The number of nitrogens with one attached hydrogen (secondary N) is 1. The highest BCUT2D eigenvalue weighted by atomic mass is 32.2. The van der Waals surface area contributed by atoms with Gasteiger partial charge in [0.25, 0.3) is 0 Å². The van der Waals surface area contributed by atoms with Gasteiger partial charge < -0.3 is 10.2 Å². The molecule has 0 aliphatic carbocycles. The summed E-state index contributed by atoms with van der Waals surface area (Å²) in [6.07, 6.45) is 3.82. The molecular weight excluding hydrogens is 306 g/mol. The number of carbonyl (C=O) groups excluding carboxylic acids is 1. The summed E-state index contributed by atoms with van der Waals surface area (Å²) >= 11 is 0. The normalized spacial score (nSPS) is 20.1. The largest absolute Gasteiger partial charge is 0.322 e. The average molecular weight is 323 g/mol. The third kappa shape index (κ3) is 2.76. The minimum atomic E-state index is -3.03. The number of hydrogen-bond donors (Lipinski definition) is 1. The number of aromatic nitrogens is 3. The molecule has 0 saturated carbocycles. The molecule has 0 bridgehead atoms. The fourth-order valence-electron chi connectivity index (χ4n) is 2.72. The van der Waals surface area contributed by atoms with Crippen molar-refractivity contribution in [2.45, 2.75) is 19.4 Å². The van der Waals surface area contributed by atoms with E-state index in [0.717, 1.165) is 0 Å². The van der Waals surface area contributed by atoms with Crippen LogP contribution in [0.2, 0.25) is 0 Å². The molecule has 3 heterocycles. The van der Waals surface area contributed by atoms with Gasteiger partial charge in [0.1, 0.15) is 6.33 Å². The van der Waals surface area contributed by atoms with Crippen LogP contribution in [0.15, 0.2) is 24.7 Å². The highest BCUT2D eigenvalue weighted by molar-refractivity contribution is 7.91. The van der Waals surface area contributed by atoms with E-state index in [1.54, 1.807) is 34.0 Å². The number of urea groups is 1. The van der Waals surface area contributed by atoms with Gasteiger partial charge in [-0.25, -0.2) is 13.2 Å². The Balaban J connectivity index is 1.79. The Kier molecular flexibility index (Phi) is 3.73. The Morgan fingerprint density at radius 1 is 1.55 bits per heavy atom. The molecule has 0 aromatic carbocycles. The molecule has 1 aliphatic heterocycles. The fourth-order valence-corrected chi connectivity index (χ4v) is 4.46. The molecule has 1 aliphatic rings. The summed E-state index contributed by atoms with van der Waals surface area (Å²) in [4.78, 5) is 14.0. The summed E-state index contributed by atoms with van der Waals surface area (Å²) in [7, 11) is -3.03. The molecule has 1 fully saturated rings. The van der Waals surface area contributed by atoms with Crippen LogP contribution >= 0.6 is 0 Å². The Morgan fingerprint density at radius 3 is 3.05 bits per heavy atom. The number of carbonyl (C=O) groups is 1. The molecule has 22 heavy (non-hydrogen) atoms. The van der Waals surface area contributed by atoms with Gasteiger partial charge in [0, 0.05) is 18.8 Å². The van der Waals surface area contributed by atoms with Gasteiger partial charge in [-0.2, -0.15) is 0 Å². The first kappa shape index (κ1) is 14.8. The maximum absolute atomic E-state index is 12.5. The van der Waals surface area contributed by atoms with Crippen LogP contribution < -0.4 is 5.32 Å². The van der Waals surface area contributed by atoms with Crippen molar-refractivity contribution in [1.82, 2.24) is 19.5 Å². The quantitative estimate of drug-likeness (QED) is 0.900. The third-order valence-corrected chi connectivity index (χ3v) is 5.57. The second kappa shape index (κ2) is 5.56. The lowest BCUT2D eigenvalue weighted by Gasteiger charge is -2.27. The molecule has 118 valence electrons. The second-order valence-corrected chi connectivity index (χ2v) is 7.49. The van der Waals surface area contributed by atoms with Crippen LogP contribution in [0.1, 0.15) is 13.3 Å². The molecule has 3 rings (SSSR count). The minimum absolute atomic E-state index is 0.0311. The SMILES string of the molecule is CCN(C(=O)Nc1cccn2cnnc12)[C@@H]1CCS(=O)(=O)C1. The summed E-state index contributed by atoms with van der Waals surface area (Å²) in [6, 6.07) is 2.93. The molecule has 0 spiro atoms. The standard InChI is InChI=1S/C13H17N5O3S/c1-2-18(10-5-7-22(20,21)8-10)13(19)15-11-4-3-6-17-9-14-16-12(11)17/h3-4,6,9-10H,2,5,7-8H2,1H3,(H,15,19)/t10-/m1/s1. The van der Waals surface area contributed by atoms with Crippen molar-refractivity contribution in [3.05, 3.63) is 24.7 Å². The molecule has 8 nitrogen and oxygen atoms in total. The lowest BCUT2D eigenvalue weighted by atomic mass is 10.2. The molecule has 1 N–H and O–H groups in total. The van der Waals surface area contributed by atoms with Crippen molar-refractivity contribution in [3.8, 4) is 0 Å². The van der Waals surface area contributed by atoms with Gasteiger partial charge in [-0.15, -0.1) is 10.2 Å². The van der Waals surface area contributed by atoms with Crippen molar-refractivity contribution in [1.29, 1.82) is 0 Å². The van der Waals surface area contributed by atoms with E-state index < -0.39 is 9.84 Å². The van der Waals surface area contributed by atoms with Crippen molar-refractivity contribution < 1.29 is 13.2 Å². The summed E-state index contributed by atoms with van der Waals surface area (Å²) in [5.41, 5.74) is 1.09. The van der Waals surface area contributed by atoms with Crippen molar-refractivity contribution in [2.24, 2.45) is 0 Å². The van der Waals surface area contributed by atoms with Gasteiger partial charge in [-0.1, -0.05) is 0 Å². The summed E-state index contributed by atoms with van der Waals surface area (Å²) in [6.45, 7) is 2.28. The van der Waals surface area contributed by atoms with Gasteiger partial charge in [-0.05, 0) is 25.5 Å². The first-order valence-electron chi connectivity index (χ1n) is 7.06. The second-order valence-electron chi connectivity index (χ2n) is 5.26. The van der Waals surface area contributed by atoms with Crippen LogP contribution in [0.4, 0.5) is 10.5 Å². The van der Waals surface area contributed by atoms with E-state index in [-0.39, 0.29) is 23.6 Å². The number of anilines is 1. The molecule has 9 heteroatoms. The van der Waals surface area contributed by atoms with Crippen LogP contribution in [0, 0.1) is 0 Å². The highest BCUT2D eigenvalue weighted by Gasteiger charge is 2.34. The Morgan fingerprint density at radius 2 is 2.36 bits per heavy atom. The summed E-state index contributed by atoms with van der Waals surface area (Å²) in [5, 5.41) is 10.6. The van der Waals surface area contributed by atoms with Crippen LogP contribution in [-0.2, 0) is 9.84 Å². The molecule has 2 amide bonds. The van der Waals surface area contributed by atoms with E-state index in [2.05, 4.69) is 15.5 Å². The first-order chi connectivity index (χ1) is 10.5. The predicted molar refractivity (Wildman–Crippen MR) is 81.4 cm³/mol. The van der Waals surface area contributed by atoms with Gasteiger partial charge in [0.05, 0.1) is 17.2 Å². The summed E-state index contributed by atoms with van der Waals surface area (Å²) < 4.78 is 24.9. The van der Waals surface area contributed by atoms with Crippen molar-refractivity contribution in [2.75, 3.05) is 23.4 Å². The zero-order valence-corrected chi connectivity index (χ0v) is 13.0. The van der Waals surface area contributed by atoms with E-state index in [4.69, 9.17) is 0 Å². The van der Waals surface area contributed by atoms with E-state index in [0.29, 0.717) is 24.3 Å². The maximum Gasteiger partial charge on any atom is 0.322 e. The molecule has 2 aromatic rings. The fraction of sp³-hybridized carbons (Fsp3) is 0.462. The van der Waals surface area contributed by atoms with Crippen LogP contribution in [0.5, 0.6) is 0 Å². The van der Waals surface area contributed by atoms with Crippen LogP contribution in [0.25, 0.3) is 5.65 Å². The maximum atomic E-state index is 12.5.